The van der Waals surface area contributed by atoms with Crippen LogP contribution < -0.4 is 5.32 Å². The molecule has 22 heavy (non-hydrogen) atoms. The molecule has 1 aliphatic carbocycles. The first-order valence-corrected chi connectivity index (χ1v) is 8.03. The molecule has 5 heteroatoms. The van der Waals surface area contributed by atoms with E-state index in [0.717, 1.165) is 42.7 Å². The second kappa shape index (κ2) is 6.48. The lowest BCUT2D eigenvalue weighted by Gasteiger charge is -2.26. The van der Waals surface area contributed by atoms with Crippen molar-refractivity contribution >= 4 is 11.6 Å². The van der Waals surface area contributed by atoms with Gasteiger partial charge in [-0.25, -0.2) is 4.98 Å². The number of aliphatic hydroxyl groups excluding tert-OH is 1. The smallest absolute Gasteiger partial charge is 0.220 e. The molecule has 3 rings (SSSR count). The van der Waals surface area contributed by atoms with Crippen LogP contribution in [0.15, 0.2) is 24.4 Å². The minimum absolute atomic E-state index is 0.0895. The Labute approximate surface area is 130 Å². The predicted molar refractivity (Wildman–Crippen MR) is 84.7 cm³/mol. The summed E-state index contributed by atoms with van der Waals surface area (Å²) in [6, 6.07) is 6.14. The van der Waals surface area contributed by atoms with E-state index in [1.807, 2.05) is 31.3 Å². The molecule has 0 saturated heterocycles. The summed E-state index contributed by atoms with van der Waals surface area (Å²) >= 11 is 0. The number of hydrogen-bond donors (Lipinski definition) is 2. The summed E-state index contributed by atoms with van der Waals surface area (Å²) in [5, 5.41) is 12.6. The van der Waals surface area contributed by atoms with Crippen LogP contribution >= 0.6 is 0 Å². The number of nitrogens with zero attached hydrogens (tertiary/aromatic N) is 2. The minimum Gasteiger partial charge on any atom is -0.393 e. The number of carbonyl (C=O) groups is 1. The summed E-state index contributed by atoms with van der Waals surface area (Å²) in [4.78, 5) is 16.7. The van der Waals surface area contributed by atoms with Gasteiger partial charge in [0.2, 0.25) is 5.91 Å². The Morgan fingerprint density at radius 2 is 2.14 bits per heavy atom. The lowest BCUT2D eigenvalue weighted by atomic mass is 9.93. The summed E-state index contributed by atoms with van der Waals surface area (Å²) in [6.07, 6.45) is 6.30. The van der Waals surface area contributed by atoms with E-state index in [0.29, 0.717) is 12.8 Å². The van der Waals surface area contributed by atoms with E-state index in [-0.39, 0.29) is 18.1 Å². The normalized spacial score (nSPS) is 21.9. The van der Waals surface area contributed by atoms with Crippen LogP contribution in [-0.4, -0.2) is 32.5 Å². The van der Waals surface area contributed by atoms with Gasteiger partial charge in [0.15, 0.2) is 0 Å². The third-order valence-electron chi connectivity index (χ3n) is 4.48. The minimum atomic E-state index is -0.186. The van der Waals surface area contributed by atoms with Gasteiger partial charge in [-0.05, 0) is 51.2 Å². The molecule has 0 aliphatic heterocycles. The first kappa shape index (κ1) is 15.0. The molecule has 2 aromatic heterocycles. The third kappa shape index (κ3) is 3.30. The topological polar surface area (TPSA) is 66.6 Å². The van der Waals surface area contributed by atoms with Gasteiger partial charge < -0.3 is 14.8 Å². The van der Waals surface area contributed by atoms with E-state index < -0.39 is 0 Å². The van der Waals surface area contributed by atoms with E-state index >= 15 is 0 Å². The Balaban J connectivity index is 1.57. The third-order valence-corrected chi connectivity index (χ3v) is 4.48. The highest BCUT2D eigenvalue weighted by molar-refractivity contribution is 5.76. The lowest BCUT2D eigenvalue weighted by molar-refractivity contribution is -0.122. The van der Waals surface area contributed by atoms with Crippen molar-refractivity contribution in [2.45, 2.75) is 57.6 Å². The monoisotopic (exact) mass is 301 g/mol. The van der Waals surface area contributed by atoms with Gasteiger partial charge in [-0.3, -0.25) is 4.79 Å². The Kier molecular flexibility index (Phi) is 4.43. The number of amides is 1. The average molecular weight is 301 g/mol. The Hall–Kier alpha value is -1.88. The van der Waals surface area contributed by atoms with Gasteiger partial charge in [0.25, 0.3) is 0 Å². The largest absolute Gasteiger partial charge is 0.393 e. The summed E-state index contributed by atoms with van der Waals surface area (Å²) in [5.74, 6) is 0.0895. The highest BCUT2D eigenvalue weighted by atomic mass is 16.3. The molecule has 0 radical (unpaired) electrons. The molecule has 1 fully saturated rings. The quantitative estimate of drug-likeness (QED) is 0.907. The molecule has 0 bridgehead atoms. The molecule has 0 spiro atoms. The molecule has 0 unspecified atom stereocenters. The summed E-state index contributed by atoms with van der Waals surface area (Å²) in [5.41, 5.74) is 3.02. The number of nitrogens with one attached hydrogen (secondary N) is 1. The van der Waals surface area contributed by atoms with Crippen LogP contribution in [0.25, 0.3) is 5.65 Å². The SMILES string of the molecule is Cc1nc2ccccn2c1CCC(=O)NC1CCC(O)CC1. The summed E-state index contributed by atoms with van der Waals surface area (Å²) in [7, 11) is 0. The van der Waals surface area contributed by atoms with Crippen LogP contribution in [0.4, 0.5) is 0 Å². The maximum Gasteiger partial charge on any atom is 0.220 e. The summed E-state index contributed by atoms with van der Waals surface area (Å²) < 4.78 is 2.06. The number of imidazole rings is 1. The molecule has 0 aromatic carbocycles. The Morgan fingerprint density at radius 3 is 2.91 bits per heavy atom. The van der Waals surface area contributed by atoms with E-state index in [1.165, 1.54) is 0 Å². The number of aliphatic hydroxyl groups is 1. The molecular formula is C17H23N3O2. The fourth-order valence-electron chi connectivity index (χ4n) is 3.22. The van der Waals surface area contributed by atoms with Gasteiger partial charge in [-0.1, -0.05) is 6.07 Å². The van der Waals surface area contributed by atoms with Gasteiger partial charge >= 0.3 is 0 Å². The van der Waals surface area contributed by atoms with Crippen molar-refractivity contribution < 1.29 is 9.90 Å². The second-order valence-corrected chi connectivity index (χ2v) is 6.15. The number of hydrogen-bond acceptors (Lipinski definition) is 3. The maximum atomic E-state index is 12.1. The van der Waals surface area contributed by atoms with Crippen LogP contribution in [-0.2, 0) is 11.2 Å². The number of rotatable bonds is 4. The van der Waals surface area contributed by atoms with E-state index in [2.05, 4.69) is 14.7 Å². The zero-order valence-corrected chi connectivity index (χ0v) is 13.0. The highest BCUT2D eigenvalue weighted by Gasteiger charge is 2.20. The van der Waals surface area contributed by atoms with Crippen molar-refractivity contribution in [1.82, 2.24) is 14.7 Å². The Morgan fingerprint density at radius 1 is 1.36 bits per heavy atom. The molecule has 1 amide bonds. The number of aromatic nitrogens is 2. The van der Waals surface area contributed by atoms with Gasteiger partial charge in [0.05, 0.1) is 11.8 Å². The molecular weight excluding hydrogens is 278 g/mol. The second-order valence-electron chi connectivity index (χ2n) is 6.15. The standard InChI is InChI=1S/C17H23N3O2/c1-12-15(20-11-3-2-4-16(20)18-12)9-10-17(22)19-13-5-7-14(21)8-6-13/h2-4,11,13-14,21H,5-10H2,1H3,(H,19,22). The van der Waals surface area contributed by atoms with Crippen molar-refractivity contribution in [2.24, 2.45) is 0 Å². The number of fused-ring (bicyclic) bond motifs is 1. The molecule has 118 valence electrons. The predicted octanol–water partition coefficient (Wildman–Crippen LogP) is 2.00. The fourth-order valence-corrected chi connectivity index (χ4v) is 3.22. The van der Waals surface area contributed by atoms with E-state index in [1.54, 1.807) is 0 Å². The molecule has 0 atom stereocenters. The van der Waals surface area contributed by atoms with Crippen LogP contribution in [0, 0.1) is 6.92 Å². The first-order chi connectivity index (χ1) is 10.6. The lowest BCUT2D eigenvalue weighted by Crippen LogP contribution is -2.38. The molecule has 1 aliphatic rings. The Bertz CT molecular complexity index is 657. The van der Waals surface area contributed by atoms with Gasteiger partial charge in [0, 0.05) is 24.4 Å². The first-order valence-electron chi connectivity index (χ1n) is 8.03. The van der Waals surface area contributed by atoms with Crippen LogP contribution in [0.2, 0.25) is 0 Å². The zero-order valence-electron chi connectivity index (χ0n) is 13.0. The molecule has 5 nitrogen and oxygen atoms in total. The number of pyridine rings is 1. The van der Waals surface area contributed by atoms with Crippen molar-refractivity contribution in [1.29, 1.82) is 0 Å². The molecule has 2 heterocycles. The van der Waals surface area contributed by atoms with Crippen LogP contribution in [0.5, 0.6) is 0 Å². The van der Waals surface area contributed by atoms with Gasteiger partial charge in [-0.15, -0.1) is 0 Å². The van der Waals surface area contributed by atoms with Crippen molar-refractivity contribution in [3.63, 3.8) is 0 Å². The molecule has 1 saturated carbocycles. The van der Waals surface area contributed by atoms with Crippen LogP contribution in [0.3, 0.4) is 0 Å². The zero-order chi connectivity index (χ0) is 15.5. The fraction of sp³-hybridized carbons (Fsp3) is 0.529. The van der Waals surface area contributed by atoms with Crippen LogP contribution in [0.1, 0.15) is 43.5 Å². The van der Waals surface area contributed by atoms with Crippen molar-refractivity contribution in [3.8, 4) is 0 Å². The van der Waals surface area contributed by atoms with Crippen molar-refractivity contribution in [3.05, 3.63) is 35.8 Å². The number of aryl methyl sites for hydroxylation is 2. The molecule has 2 aromatic rings. The maximum absolute atomic E-state index is 12.1. The van der Waals surface area contributed by atoms with Gasteiger partial charge in [0.1, 0.15) is 5.65 Å². The highest BCUT2D eigenvalue weighted by Crippen LogP contribution is 2.19. The molecule has 2 N–H and O–H groups in total. The summed E-state index contributed by atoms with van der Waals surface area (Å²) in [6.45, 7) is 1.99. The average Bonchev–Trinajstić information content (AvgIpc) is 2.83. The van der Waals surface area contributed by atoms with E-state index in [9.17, 15) is 9.90 Å². The van der Waals surface area contributed by atoms with E-state index in [4.69, 9.17) is 0 Å². The van der Waals surface area contributed by atoms with Gasteiger partial charge in [-0.2, -0.15) is 0 Å². The van der Waals surface area contributed by atoms with Crippen molar-refractivity contribution in [2.75, 3.05) is 0 Å². The number of carbonyl (C=O) groups excluding carboxylic acids is 1.